The van der Waals surface area contributed by atoms with Crippen LogP contribution < -0.4 is 0 Å². The third-order valence-electron chi connectivity index (χ3n) is 2.41. The molecule has 1 aromatic carbocycles. The van der Waals surface area contributed by atoms with Gasteiger partial charge in [-0.05, 0) is 18.6 Å². The molecule has 100 valence electrons. The monoisotopic (exact) mass is 314 g/mol. The zero-order valence-corrected chi connectivity index (χ0v) is 12.2. The second-order valence-electron chi connectivity index (χ2n) is 3.95. The third-order valence-corrected chi connectivity index (χ3v) is 2.94. The molecule has 4 heteroatoms. The predicted molar refractivity (Wildman–Crippen MR) is 75.0 cm³/mol. The fraction of sp³-hybridized carbons (Fsp3) is 0.500. The average Bonchev–Trinajstić information content (AvgIpc) is 2.38. The van der Waals surface area contributed by atoms with E-state index in [4.69, 9.17) is 9.47 Å². The van der Waals surface area contributed by atoms with E-state index in [0.29, 0.717) is 18.8 Å². The van der Waals surface area contributed by atoms with E-state index in [1.165, 1.54) is 0 Å². The fourth-order valence-corrected chi connectivity index (χ4v) is 1.61. The molecule has 18 heavy (non-hydrogen) atoms. The number of hydrogen-bond donors (Lipinski definition) is 0. The van der Waals surface area contributed by atoms with Crippen LogP contribution in [0.4, 0.5) is 0 Å². The highest BCUT2D eigenvalue weighted by molar-refractivity contribution is 9.10. The maximum Gasteiger partial charge on any atom is 0.188 e. The molecule has 0 atom stereocenters. The molecule has 0 unspecified atom stereocenters. The van der Waals surface area contributed by atoms with Gasteiger partial charge < -0.3 is 9.47 Å². The molecule has 0 aliphatic heterocycles. The van der Waals surface area contributed by atoms with Crippen molar-refractivity contribution < 1.29 is 14.3 Å². The van der Waals surface area contributed by atoms with Crippen molar-refractivity contribution in [2.24, 2.45) is 0 Å². The van der Waals surface area contributed by atoms with Crippen molar-refractivity contribution in [2.75, 3.05) is 26.4 Å². The molecule has 3 nitrogen and oxygen atoms in total. The standard InChI is InChI=1S/C14H19BrO3/c1-2-3-8-17-9-10-18-11-14(16)12-4-6-13(15)7-5-12/h4-7H,2-3,8-11H2,1H3. The topological polar surface area (TPSA) is 35.5 Å². The van der Waals surface area contributed by atoms with E-state index < -0.39 is 0 Å². The first-order valence-corrected chi connectivity index (χ1v) is 6.97. The highest BCUT2D eigenvalue weighted by Gasteiger charge is 2.05. The second-order valence-corrected chi connectivity index (χ2v) is 4.86. The molecular weight excluding hydrogens is 296 g/mol. The van der Waals surface area contributed by atoms with Gasteiger partial charge in [-0.25, -0.2) is 0 Å². The number of rotatable bonds is 9. The Morgan fingerprint density at radius 3 is 2.44 bits per heavy atom. The summed E-state index contributed by atoms with van der Waals surface area (Å²) in [5.41, 5.74) is 0.671. The van der Waals surface area contributed by atoms with Crippen molar-refractivity contribution in [1.29, 1.82) is 0 Å². The van der Waals surface area contributed by atoms with Crippen LogP contribution in [-0.2, 0) is 9.47 Å². The van der Waals surface area contributed by atoms with Crippen LogP contribution in [-0.4, -0.2) is 32.2 Å². The Morgan fingerprint density at radius 2 is 1.78 bits per heavy atom. The molecule has 0 saturated carbocycles. The molecule has 0 amide bonds. The van der Waals surface area contributed by atoms with Gasteiger partial charge in [0, 0.05) is 16.6 Å². The largest absolute Gasteiger partial charge is 0.379 e. The van der Waals surface area contributed by atoms with Crippen molar-refractivity contribution in [3.8, 4) is 0 Å². The molecule has 1 aromatic rings. The lowest BCUT2D eigenvalue weighted by Crippen LogP contribution is -2.12. The van der Waals surface area contributed by atoms with E-state index in [1.807, 2.05) is 12.1 Å². The molecule has 0 N–H and O–H groups in total. The van der Waals surface area contributed by atoms with E-state index in [9.17, 15) is 4.79 Å². The van der Waals surface area contributed by atoms with Gasteiger partial charge in [-0.1, -0.05) is 41.4 Å². The van der Waals surface area contributed by atoms with E-state index in [1.54, 1.807) is 12.1 Å². The Morgan fingerprint density at radius 1 is 1.11 bits per heavy atom. The Hall–Kier alpha value is -0.710. The number of hydrogen-bond acceptors (Lipinski definition) is 3. The predicted octanol–water partition coefficient (Wildman–Crippen LogP) is 3.47. The molecule has 0 spiro atoms. The summed E-state index contributed by atoms with van der Waals surface area (Å²) in [6.07, 6.45) is 2.20. The summed E-state index contributed by atoms with van der Waals surface area (Å²) in [5, 5.41) is 0. The molecule has 0 heterocycles. The SMILES string of the molecule is CCCCOCCOCC(=O)c1ccc(Br)cc1. The number of unbranched alkanes of at least 4 members (excludes halogenated alkanes) is 1. The molecule has 0 radical (unpaired) electrons. The Kier molecular flexibility index (Phi) is 7.89. The van der Waals surface area contributed by atoms with Crippen LogP contribution in [0.5, 0.6) is 0 Å². The second kappa shape index (κ2) is 9.25. The molecule has 0 aliphatic rings. The summed E-state index contributed by atoms with van der Waals surface area (Å²) in [6, 6.07) is 7.27. The van der Waals surface area contributed by atoms with Crippen LogP contribution in [0.15, 0.2) is 28.7 Å². The van der Waals surface area contributed by atoms with Crippen LogP contribution in [0.1, 0.15) is 30.1 Å². The quantitative estimate of drug-likeness (QED) is 0.517. The van der Waals surface area contributed by atoms with Crippen molar-refractivity contribution >= 4 is 21.7 Å². The van der Waals surface area contributed by atoms with Gasteiger partial charge in [0.25, 0.3) is 0 Å². The smallest absolute Gasteiger partial charge is 0.188 e. The van der Waals surface area contributed by atoms with E-state index in [2.05, 4.69) is 22.9 Å². The highest BCUT2D eigenvalue weighted by Crippen LogP contribution is 2.10. The summed E-state index contributed by atoms with van der Waals surface area (Å²) in [5.74, 6) is -0.00365. The zero-order valence-electron chi connectivity index (χ0n) is 10.7. The van der Waals surface area contributed by atoms with Gasteiger partial charge in [0.05, 0.1) is 13.2 Å². The summed E-state index contributed by atoms with van der Waals surface area (Å²) in [4.78, 5) is 11.7. The number of ether oxygens (including phenoxy) is 2. The first kappa shape index (κ1) is 15.3. The Labute approximate surface area is 117 Å². The van der Waals surface area contributed by atoms with Gasteiger partial charge in [-0.2, -0.15) is 0 Å². The molecule has 0 aromatic heterocycles. The summed E-state index contributed by atoms with van der Waals surface area (Å²) in [7, 11) is 0. The molecule has 0 fully saturated rings. The number of carbonyl (C=O) groups excluding carboxylic acids is 1. The minimum absolute atomic E-state index is 0.00365. The molecule has 1 rings (SSSR count). The highest BCUT2D eigenvalue weighted by atomic mass is 79.9. The lowest BCUT2D eigenvalue weighted by Gasteiger charge is -2.05. The third kappa shape index (κ3) is 6.28. The summed E-state index contributed by atoms with van der Waals surface area (Å²) < 4.78 is 11.6. The van der Waals surface area contributed by atoms with Gasteiger partial charge in [0.15, 0.2) is 5.78 Å². The van der Waals surface area contributed by atoms with Gasteiger partial charge >= 0.3 is 0 Å². The molecule has 0 saturated heterocycles. The van der Waals surface area contributed by atoms with Gasteiger partial charge in [0.2, 0.25) is 0 Å². The number of Topliss-reactive ketones (excluding diaryl/α,β-unsaturated/α-hetero) is 1. The van der Waals surface area contributed by atoms with Crippen LogP contribution in [0, 0.1) is 0 Å². The van der Waals surface area contributed by atoms with Gasteiger partial charge in [-0.3, -0.25) is 4.79 Å². The maximum atomic E-state index is 11.7. The average molecular weight is 315 g/mol. The molecule has 0 bridgehead atoms. The van der Waals surface area contributed by atoms with E-state index in [-0.39, 0.29) is 12.4 Å². The van der Waals surface area contributed by atoms with Crippen LogP contribution >= 0.6 is 15.9 Å². The Balaban J connectivity index is 2.12. The van der Waals surface area contributed by atoms with Crippen molar-refractivity contribution in [3.05, 3.63) is 34.3 Å². The van der Waals surface area contributed by atoms with Crippen LogP contribution in [0.25, 0.3) is 0 Å². The number of halogens is 1. The minimum atomic E-state index is -0.00365. The van der Waals surface area contributed by atoms with Gasteiger partial charge in [-0.15, -0.1) is 0 Å². The maximum absolute atomic E-state index is 11.7. The first-order chi connectivity index (χ1) is 8.74. The normalized spacial score (nSPS) is 10.6. The van der Waals surface area contributed by atoms with Crippen molar-refractivity contribution in [3.63, 3.8) is 0 Å². The lowest BCUT2D eigenvalue weighted by molar-refractivity contribution is 0.0432. The van der Waals surface area contributed by atoms with Crippen molar-refractivity contribution in [1.82, 2.24) is 0 Å². The molecule has 0 aliphatic carbocycles. The summed E-state index contributed by atoms with van der Waals surface area (Å²) >= 11 is 3.33. The van der Waals surface area contributed by atoms with Crippen LogP contribution in [0.3, 0.4) is 0 Å². The van der Waals surface area contributed by atoms with E-state index >= 15 is 0 Å². The van der Waals surface area contributed by atoms with Crippen LogP contribution in [0.2, 0.25) is 0 Å². The number of ketones is 1. The Bertz CT molecular complexity index is 349. The van der Waals surface area contributed by atoms with E-state index in [0.717, 1.165) is 23.9 Å². The molecular formula is C14H19BrO3. The first-order valence-electron chi connectivity index (χ1n) is 6.18. The number of benzene rings is 1. The number of carbonyl (C=O) groups is 1. The lowest BCUT2D eigenvalue weighted by atomic mass is 10.1. The van der Waals surface area contributed by atoms with Gasteiger partial charge in [0.1, 0.15) is 6.61 Å². The van der Waals surface area contributed by atoms with Crippen molar-refractivity contribution in [2.45, 2.75) is 19.8 Å². The zero-order chi connectivity index (χ0) is 13.2. The minimum Gasteiger partial charge on any atom is -0.379 e. The summed E-state index contributed by atoms with van der Waals surface area (Å²) in [6.45, 7) is 4.01. The fourth-order valence-electron chi connectivity index (χ4n) is 1.35.